The van der Waals surface area contributed by atoms with Crippen molar-refractivity contribution in [1.29, 1.82) is 0 Å². The number of hydrogen-bond donors (Lipinski definition) is 2. The molecule has 0 saturated heterocycles. The molecule has 25 heavy (non-hydrogen) atoms. The standard InChI is InChI=1S/C18H18F2N2O3/c1-25-16-3-2-11(19)8-14(16)17(10-6-12(23)7-10)22-18(24)13-4-5-21-9-15(13)20/h2-5,8-10,12,17,23H,6-7H2,1H3,(H,22,24). The number of benzene rings is 1. The van der Waals surface area contributed by atoms with Crippen LogP contribution in [0.4, 0.5) is 8.78 Å². The predicted molar refractivity (Wildman–Crippen MR) is 86.1 cm³/mol. The van der Waals surface area contributed by atoms with Gasteiger partial charge in [0.25, 0.3) is 5.91 Å². The Balaban J connectivity index is 1.92. The molecular formula is C18H18F2N2O3. The van der Waals surface area contributed by atoms with Crippen molar-refractivity contribution in [3.63, 3.8) is 0 Å². The van der Waals surface area contributed by atoms with Crippen molar-refractivity contribution in [2.24, 2.45) is 5.92 Å². The minimum atomic E-state index is -0.737. The molecule has 0 spiro atoms. The third-order valence-electron chi connectivity index (χ3n) is 4.45. The number of pyridine rings is 1. The van der Waals surface area contributed by atoms with E-state index in [9.17, 15) is 18.7 Å². The number of aliphatic hydroxyl groups excluding tert-OH is 1. The largest absolute Gasteiger partial charge is 0.496 e. The quantitative estimate of drug-likeness (QED) is 0.871. The molecule has 132 valence electrons. The lowest BCUT2D eigenvalue weighted by molar-refractivity contribution is 0.0230. The van der Waals surface area contributed by atoms with Gasteiger partial charge in [0.1, 0.15) is 11.6 Å². The number of halogens is 2. The first kappa shape index (κ1) is 17.3. The van der Waals surface area contributed by atoms with Gasteiger partial charge in [0.05, 0.1) is 31.0 Å². The number of carbonyl (C=O) groups excluding carboxylic acids is 1. The van der Waals surface area contributed by atoms with Crippen LogP contribution in [0.5, 0.6) is 5.75 Å². The Hall–Kier alpha value is -2.54. The Morgan fingerprint density at radius 3 is 2.76 bits per heavy atom. The summed E-state index contributed by atoms with van der Waals surface area (Å²) in [7, 11) is 1.45. The smallest absolute Gasteiger partial charge is 0.254 e. The second-order valence-electron chi connectivity index (χ2n) is 6.08. The van der Waals surface area contributed by atoms with Gasteiger partial charge in [-0.1, -0.05) is 0 Å². The molecule has 1 aliphatic carbocycles. The molecule has 1 aromatic heterocycles. The molecule has 1 saturated carbocycles. The number of ether oxygens (including phenoxy) is 1. The number of nitrogens with one attached hydrogen (secondary N) is 1. The highest BCUT2D eigenvalue weighted by Gasteiger charge is 2.37. The predicted octanol–water partition coefficient (Wildman–Crippen LogP) is 2.61. The average molecular weight is 348 g/mol. The van der Waals surface area contributed by atoms with Gasteiger partial charge in [-0.25, -0.2) is 8.78 Å². The van der Waals surface area contributed by atoms with E-state index in [1.807, 2.05) is 0 Å². The maximum Gasteiger partial charge on any atom is 0.254 e. The van der Waals surface area contributed by atoms with Crippen LogP contribution in [0.2, 0.25) is 0 Å². The summed E-state index contributed by atoms with van der Waals surface area (Å²) in [5, 5.41) is 12.4. The Labute approximate surface area is 143 Å². The Morgan fingerprint density at radius 1 is 1.36 bits per heavy atom. The van der Waals surface area contributed by atoms with Crippen LogP contribution >= 0.6 is 0 Å². The zero-order chi connectivity index (χ0) is 18.0. The highest BCUT2D eigenvalue weighted by atomic mass is 19.1. The molecule has 1 unspecified atom stereocenters. The van der Waals surface area contributed by atoms with Gasteiger partial charge >= 0.3 is 0 Å². The van der Waals surface area contributed by atoms with Gasteiger partial charge in [-0.05, 0) is 43.0 Å². The van der Waals surface area contributed by atoms with Crippen LogP contribution in [0, 0.1) is 17.6 Å². The summed E-state index contributed by atoms with van der Waals surface area (Å²) in [6.45, 7) is 0. The van der Waals surface area contributed by atoms with Gasteiger partial charge in [0, 0.05) is 11.8 Å². The van der Waals surface area contributed by atoms with Crippen LogP contribution < -0.4 is 10.1 Å². The van der Waals surface area contributed by atoms with E-state index in [-0.39, 0.29) is 11.5 Å². The number of nitrogens with zero attached hydrogens (tertiary/aromatic N) is 1. The molecule has 1 fully saturated rings. The van der Waals surface area contributed by atoms with E-state index in [1.54, 1.807) is 0 Å². The second-order valence-corrected chi connectivity index (χ2v) is 6.08. The van der Waals surface area contributed by atoms with Crippen molar-refractivity contribution in [3.8, 4) is 5.75 Å². The van der Waals surface area contributed by atoms with Crippen LogP contribution in [0.1, 0.15) is 34.8 Å². The van der Waals surface area contributed by atoms with Crippen LogP contribution in [-0.2, 0) is 0 Å². The van der Waals surface area contributed by atoms with Gasteiger partial charge in [-0.2, -0.15) is 0 Å². The third-order valence-corrected chi connectivity index (χ3v) is 4.45. The molecule has 0 radical (unpaired) electrons. The van der Waals surface area contributed by atoms with Crippen molar-refractivity contribution in [2.75, 3.05) is 7.11 Å². The summed E-state index contributed by atoms with van der Waals surface area (Å²) in [6, 6.07) is 4.71. The highest BCUT2D eigenvalue weighted by molar-refractivity contribution is 5.94. The highest BCUT2D eigenvalue weighted by Crippen LogP contribution is 2.41. The number of aromatic nitrogens is 1. The van der Waals surface area contributed by atoms with Gasteiger partial charge in [0.15, 0.2) is 5.82 Å². The zero-order valence-corrected chi connectivity index (χ0v) is 13.6. The van der Waals surface area contributed by atoms with Crippen molar-refractivity contribution in [3.05, 3.63) is 59.4 Å². The zero-order valence-electron chi connectivity index (χ0n) is 13.6. The van der Waals surface area contributed by atoms with Crippen LogP contribution in [0.25, 0.3) is 0 Å². The fourth-order valence-electron chi connectivity index (χ4n) is 3.08. The van der Waals surface area contributed by atoms with Crippen LogP contribution in [0.3, 0.4) is 0 Å². The van der Waals surface area contributed by atoms with Crippen molar-refractivity contribution in [1.82, 2.24) is 10.3 Å². The van der Waals surface area contributed by atoms with Gasteiger partial charge in [-0.15, -0.1) is 0 Å². The first-order valence-corrected chi connectivity index (χ1v) is 7.91. The first-order chi connectivity index (χ1) is 12.0. The third kappa shape index (κ3) is 3.61. The SMILES string of the molecule is COc1ccc(F)cc1C(NC(=O)c1ccncc1F)C1CC(O)C1. The monoisotopic (exact) mass is 348 g/mol. The lowest BCUT2D eigenvalue weighted by Gasteiger charge is -2.38. The molecule has 1 heterocycles. The second kappa shape index (κ2) is 7.14. The molecule has 5 nitrogen and oxygen atoms in total. The molecule has 3 rings (SSSR count). The Bertz CT molecular complexity index is 779. The molecule has 1 aliphatic rings. The van der Waals surface area contributed by atoms with E-state index < -0.39 is 29.7 Å². The minimum absolute atomic E-state index is 0.0976. The molecule has 2 aromatic rings. The summed E-state index contributed by atoms with van der Waals surface area (Å²) in [4.78, 5) is 16.1. The summed E-state index contributed by atoms with van der Waals surface area (Å²) in [5.41, 5.74) is 0.317. The number of aliphatic hydroxyl groups is 1. The molecule has 0 bridgehead atoms. The lowest BCUT2D eigenvalue weighted by atomic mass is 9.74. The van der Waals surface area contributed by atoms with E-state index in [0.717, 1.165) is 6.20 Å². The molecule has 0 aliphatic heterocycles. The van der Waals surface area contributed by atoms with E-state index in [2.05, 4.69) is 10.3 Å². The molecule has 2 N–H and O–H groups in total. The van der Waals surface area contributed by atoms with E-state index in [4.69, 9.17) is 4.74 Å². The number of hydrogen-bond acceptors (Lipinski definition) is 4. The van der Waals surface area contributed by atoms with E-state index in [0.29, 0.717) is 24.2 Å². The first-order valence-electron chi connectivity index (χ1n) is 7.91. The molecule has 1 atom stereocenters. The fraction of sp³-hybridized carbons (Fsp3) is 0.333. The number of methoxy groups -OCH3 is 1. The van der Waals surface area contributed by atoms with E-state index in [1.165, 1.54) is 37.6 Å². The number of rotatable bonds is 5. The topological polar surface area (TPSA) is 71.5 Å². The van der Waals surface area contributed by atoms with Gasteiger partial charge in [-0.3, -0.25) is 9.78 Å². The van der Waals surface area contributed by atoms with Crippen molar-refractivity contribution < 1.29 is 23.4 Å². The van der Waals surface area contributed by atoms with Crippen LogP contribution in [0.15, 0.2) is 36.7 Å². The van der Waals surface area contributed by atoms with Crippen molar-refractivity contribution in [2.45, 2.75) is 25.0 Å². The normalized spacial score (nSPS) is 20.5. The van der Waals surface area contributed by atoms with Crippen LogP contribution in [-0.4, -0.2) is 29.2 Å². The lowest BCUT2D eigenvalue weighted by Crippen LogP contribution is -2.41. The maximum atomic E-state index is 13.8. The Kier molecular flexibility index (Phi) is 4.94. The summed E-state index contributed by atoms with van der Waals surface area (Å²) in [6.07, 6.45) is 2.75. The summed E-state index contributed by atoms with van der Waals surface area (Å²) in [5.74, 6) is -1.51. The van der Waals surface area contributed by atoms with E-state index >= 15 is 0 Å². The Morgan fingerprint density at radius 2 is 2.12 bits per heavy atom. The maximum absolute atomic E-state index is 13.8. The summed E-state index contributed by atoms with van der Waals surface area (Å²) >= 11 is 0. The van der Waals surface area contributed by atoms with Crippen molar-refractivity contribution >= 4 is 5.91 Å². The fourth-order valence-corrected chi connectivity index (χ4v) is 3.08. The molecule has 1 amide bonds. The molecule has 1 aromatic carbocycles. The molecular weight excluding hydrogens is 330 g/mol. The molecule has 7 heteroatoms. The minimum Gasteiger partial charge on any atom is -0.496 e. The number of carbonyl (C=O) groups is 1. The number of amides is 1. The average Bonchev–Trinajstić information content (AvgIpc) is 2.57. The van der Waals surface area contributed by atoms with Gasteiger partial charge in [0.2, 0.25) is 0 Å². The van der Waals surface area contributed by atoms with Gasteiger partial charge < -0.3 is 15.2 Å². The summed E-state index contributed by atoms with van der Waals surface area (Å²) < 4.78 is 32.8.